The van der Waals surface area contributed by atoms with E-state index in [0.29, 0.717) is 12.8 Å². The molecule has 292 valence electrons. The van der Waals surface area contributed by atoms with Gasteiger partial charge in [0.05, 0.1) is 6.10 Å². The van der Waals surface area contributed by atoms with E-state index in [9.17, 15) is 30.3 Å². The lowest BCUT2D eigenvalue weighted by Gasteiger charge is -2.48. The first-order valence-electron chi connectivity index (χ1n) is 19.7. The lowest BCUT2D eigenvalue weighted by atomic mass is 9.57. The number of aromatic hydroxyl groups is 4. The van der Waals surface area contributed by atoms with Crippen molar-refractivity contribution in [1.82, 2.24) is 4.98 Å². The number of nitrogens with one attached hydrogen (secondary N) is 1. The van der Waals surface area contributed by atoms with Crippen LogP contribution >= 0.6 is 0 Å². The van der Waals surface area contributed by atoms with Crippen molar-refractivity contribution in [1.29, 1.82) is 0 Å². The van der Waals surface area contributed by atoms with Crippen molar-refractivity contribution in [3.8, 4) is 34.5 Å². The van der Waals surface area contributed by atoms with Crippen molar-refractivity contribution in [2.45, 2.75) is 69.5 Å². The minimum Gasteiger partial charge on any atom is -0.508 e. The molecule has 10 nitrogen and oxygen atoms in total. The number of phenolic OH excluding ortho intramolecular Hbond substituents is 4. The predicted molar refractivity (Wildman–Crippen MR) is 211 cm³/mol. The molecule has 4 aromatic carbocycles. The molecular weight excluding hydrogens is 709 g/mol. The number of H-pyrrole nitrogens is 1. The third kappa shape index (κ3) is 7.43. The molecule has 56 heavy (non-hydrogen) atoms. The molecule has 8 unspecified atom stereocenters. The van der Waals surface area contributed by atoms with Crippen LogP contribution in [-0.2, 0) is 30.7 Å². The quantitative estimate of drug-likeness (QED) is 0.0483. The zero-order valence-corrected chi connectivity index (χ0v) is 31.3. The molecule has 1 aromatic heterocycles. The maximum atomic E-state index is 14.4. The second kappa shape index (κ2) is 16.0. The molecule has 4 aliphatic carbocycles. The van der Waals surface area contributed by atoms with Gasteiger partial charge in [0, 0.05) is 30.3 Å². The number of carbonyl (C=O) groups is 1. The van der Waals surface area contributed by atoms with Gasteiger partial charge in [-0.3, -0.25) is 10.5 Å². The van der Waals surface area contributed by atoms with Gasteiger partial charge in [0.25, 0.3) is 0 Å². The number of aliphatic hydroxyl groups is 1. The average Bonchev–Trinajstić information content (AvgIpc) is 3.59. The molecule has 0 amide bonds. The fourth-order valence-electron chi connectivity index (χ4n) is 10.4. The summed E-state index contributed by atoms with van der Waals surface area (Å²) in [5, 5.41) is 55.8. The molecule has 2 bridgehead atoms. The summed E-state index contributed by atoms with van der Waals surface area (Å²) in [6, 6.07) is 25.9. The van der Waals surface area contributed by atoms with Crippen LogP contribution in [-0.4, -0.2) is 49.1 Å². The van der Waals surface area contributed by atoms with E-state index < -0.39 is 12.0 Å². The Hall–Kier alpha value is -5.45. The van der Waals surface area contributed by atoms with Gasteiger partial charge in [0.1, 0.15) is 24.9 Å². The fraction of sp³-hybridized carbons (Fsp3) is 0.370. The van der Waals surface area contributed by atoms with Crippen molar-refractivity contribution in [2.24, 2.45) is 35.3 Å². The number of Topliss-reactive ketones (excluding diaryl/α,β-unsaturated/α-hetero) is 1. The van der Waals surface area contributed by atoms with Gasteiger partial charge in [-0.05, 0) is 138 Å². The molecular formula is C46H50N2O8. The summed E-state index contributed by atoms with van der Waals surface area (Å²) in [6.07, 6.45) is 7.18. The maximum Gasteiger partial charge on any atom is 0.200 e. The van der Waals surface area contributed by atoms with Crippen LogP contribution in [0.3, 0.4) is 0 Å². The second-order valence-corrected chi connectivity index (χ2v) is 16.0. The van der Waals surface area contributed by atoms with Crippen LogP contribution in [0.1, 0.15) is 70.9 Å². The average molecular weight is 759 g/mol. The minimum absolute atomic E-state index is 0.00768. The van der Waals surface area contributed by atoms with E-state index in [0.717, 1.165) is 53.5 Å². The molecule has 10 heteroatoms. The van der Waals surface area contributed by atoms with E-state index in [1.54, 1.807) is 42.5 Å². The van der Waals surface area contributed by atoms with E-state index in [2.05, 4.69) is 23.2 Å². The number of phenols is 4. The van der Waals surface area contributed by atoms with Gasteiger partial charge in [-0.2, -0.15) is 0 Å². The lowest BCUT2D eigenvalue weighted by molar-refractivity contribution is -0.135. The van der Waals surface area contributed by atoms with Crippen LogP contribution < -0.4 is 15.2 Å². The Morgan fingerprint density at radius 3 is 2.36 bits per heavy atom. The largest absolute Gasteiger partial charge is 0.508 e. The molecule has 2 saturated carbocycles. The third-order valence-corrected chi connectivity index (χ3v) is 12.7. The van der Waals surface area contributed by atoms with Gasteiger partial charge in [0.15, 0.2) is 23.0 Å². The predicted octanol–water partition coefficient (Wildman–Crippen LogP) is 7.22. The number of fused-ring (bicyclic) bond motifs is 1. The number of rotatable bonds is 13. The van der Waals surface area contributed by atoms with Crippen molar-refractivity contribution < 1.29 is 39.8 Å². The minimum atomic E-state index is -0.938. The Morgan fingerprint density at radius 2 is 1.59 bits per heavy atom. The first kappa shape index (κ1) is 37.5. The highest BCUT2D eigenvalue weighted by atomic mass is 16.5. The number of ketones is 1. The summed E-state index contributed by atoms with van der Waals surface area (Å²) in [4.78, 5) is 17.6. The standard InChI is InChI=1S/C46H50N2O8/c47-25-56-40-18-27(10-12-38(40)51)9-11-37(50)35-20-30(16-28-13-14-48-23-28)34-21-32-19-31(15-26-5-2-1-3-6-26)41(43(34)44(35)53)36-22-39(52)45(54)46(42(32)36)55-24-29-7-4-8-33(49)17-29/h1-8,10,12-14,17-18,22-23,30-32,34-35,41,43-44,48-49,51-54H,9,11,15-16,19-21,24-25,47H2. The monoisotopic (exact) mass is 758 g/mol. The first-order valence-corrected chi connectivity index (χ1v) is 19.7. The van der Waals surface area contributed by atoms with Crippen LogP contribution in [0.25, 0.3) is 0 Å². The van der Waals surface area contributed by atoms with Crippen LogP contribution in [0.4, 0.5) is 0 Å². The molecule has 1 heterocycles. The van der Waals surface area contributed by atoms with Gasteiger partial charge in [-0.25, -0.2) is 0 Å². The van der Waals surface area contributed by atoms with Crippen molar-refractivity contribution in [3.05, 3.63) is 131 Å². The molecule has 5 aromatic rings. The maximum absolute atomic E-state index is 14.4. The number of aromatic nitrogens is 1. The summed E-state index contributed by atoms with van der Waals surface area (Å²) in [6.45, 7) is -0.0139. The lowest BCUT2D eigenvalue weighted by Crippen LogP contribution is -2.49. The van der Waals surface area contributed by atoms with E-state index in [4.69, 9.17) is 15.2 Å². The Kier molecular flexibility index (Phi) is 10.7. The van der Waals surface area contributed by atoms with E-state index >= 15 is 0 Å². The molecule has 0 aliphatic heterocycles. The van der Waals surface area contributed by atoms with E-state index in [-0.39, 0.29) is 95.5 Å². The molecule has 8 atom stereocenters. The van der Waals surface area contributed by atoms with Crippen molar-refractivity contribution in [3.63, 3.8) is 0 Å². The summed E-state index contributed by atoms with van der Waals surface area (Å²) in [5.74, 6) is -0.990. The zero-order valence-electron chi connectivity index (χ0n) is 31.3. The number of benzene rings is 4. The first-order chi connectivity index (χ1) is 27.2. The number of aliphatic hydroxyl groups excluding tert-OH is 1. The van der Waals surface area contributed by atoms with E-state index in [1.807, 2.05) is 36.7 Å². The highest BCUT2D eigenvalue weighted by molar-refractivity contribution is 5.82. The van der Waals surface area contributed by atoms with Gasteiger partial charge in [0.2, 0.25) is 5.75 Å². The third-order valence-electron chi connectivity index (χ3n) is 12.7. The van der Waals surface area contributed by atoms with Gasteiger partial charge in [-0.15, -0.1) is 0 Å². The topological polar surface area (TPSA) is 178 Å². The highest BCUT2D eigenvalue weighted by Crippen LogP contribution is 2.64. The highest BCUT2D eigenvalue weighted by Gasteiger charge is 2.56. The van der Waals surface area contributed by atoms with Crippen molar-refractivity contribution >= 4 is 5.78 Å². The SMILES string of the molecule is NCOc1cc(CCC(=O)C2CC(Cc3cc[nH]c3)C3CC4CC(Cc5ccccc5)C(c5cc(O)c(O)c(OCc6cccc(O)c6)c54)C3C2O)ccc1O. The second-order valence-electron chi connectivity index (χ2n) is 16.0. The Bertz CT molecular complexity index is 2150. The number of carbonyl (C=O) groups excluding carboxylic acids is 1. The number of nitrogens with two attached hydrogens (primary N) is 1. The van der Waals surface area contributed by atoms with Crippen LogP contribution in [0.5, 0.6) is 34.5 Å². The van der Waals surface area contributed by atoms with Crippen LogP contribution in [0.2, 0.25) is 0 Å². The molecule has 0 saturated heterocycles. The smallest absolute Gasteiger partial charge is 0.200 e. The number of hydrogen-bond acceptors (Lipinski definition) is 9. The fourth-order valence-corrected chi connectivity index (χ4v) is 10.4. The Labute approximate surface area is 326 Å². The number of aryl methyl sites for hydroxylation is 1. The van der Waals surface area contributed by atoms with E-state index in [1.165, 1.54) is 5.56 Å². The van der Waals surface area contributed by atoms with Gasteiger partial charge < -0.3 is 40.0 Å². The Balaban J connectivity index is 1.19. The molecule has 4 aliphatic rings. The Morgan fingerprint density at radius 1 is 0.786 bits per heavy atom. The summed E-state index contributed by atoms with van der Waals surface area (Å²) >= 11 is 0. The zero-order chi connectivity index (χ0) is 38.9. The van der Waals surface area contributed by atoms with Gasteiger partial charge >= 0.3 is 0 Å². The molecule has 9 rings (SSSR count). The summed E-state index contributed by atoms with van der Waals surface area (Å²) < 4.78 is 11.8. The molecule has 0 spiro atoms. The normalized spacial score (nSPS) is 25.2. The molecule has 2 fully saturated rings. The molecule has 0 radical (unpaired) electrons. The van der Waals surface area contributed by atoms with Gasteiger partial charge in [-0.1, -0.05) is 48.5 Å². The number of ether oxygens (including phenoxy) is 2. The van der Waals surface area contributed by atoms with Crippen molar-refractivity contribution in [2.75, 3.05) is 6.73 Å². The number of hydrogen-bond donors (Lipinski definition) is 7. The summed E-state index contributed by atoms with van der Waals surface area (Å²) in [5.41, 5.74) is 11.2. The number of aromatic amines is 1. The van der Waals surface area contributed by atoms with Crippen LogP contribution in [0, 0.1) is 29.6 Å². The van der Waals surface area contributed by atoms with Crippen LogP contribution in [0.15, 0.2) is 97.3 Å². The summed E-state index contributed by atoms with van der Waals surface area (Å²) in [7, 11) is 0. The molecule has 8 N–H and O–H groups in total.